The van der Waals surface area contributed by atoms with E-state index in [0.717, 1.165) is 22.2 Å². The molecule has 0 aliphatic rings. The maximum Gasteiger partial charge on any atom is 0.407 e. The van der Waals surface area contributed by atoms with E-state index in [1.165, 1.54) is 0 Å². The van der Waals surface area contributed by atoms with Gasteiger partial charge in [0, 0.05) is 6.54 Å². The average Bonchev–Trinajstić information content (AvgIpc) is 3.49. The van der Waals surface area contributed by atoms with Crippen LogP contribution in [0.1, 0.15) is 51.6 Å². The zero-order valence-electron chi connectivity index (χ0n) is 28.9. The lowest BCUT2D eigenvalue weighted by molar-refractivity contribution is -0.133. The molecular formula is C37H48N6O6. The molecule has 4 rings (SSSR count). The molecule has 3 amide bonds. The summed E-state index contributed by atoms with van der Waals surface area (Å²) in [5, 5.41) is 23.6. The highest BCUT2D eigenvalue weighted by Gasteiger charge is 2.37. The lowest BCUT2D eigenvalue weighted by Crippen LogP contribution is -2.62. The van der Waals surface area contributed by atoms with E-state index < -0.39 is 47.7 Å². The van der Waals surface area contributed by atoms with Crippen molar-refractivity contribution in [1.82, 2.24) is 31.2 Å². The Hall–Kier alpha value is -4.94. The Bertz CT molecular complexity index is 1640. The molecule has 0 radical (unpaired) electrons. The first-order valence-electron chi connectivity index (χ1n) is 16.4. The van der Waals surface area contributed by atoms with Crippen LogP contribution in [0.2, 0.25) is 0 Å². The molecule has 6 N–H and O–H groups in total. The Morgan fingerprint density at radius 2 is 1.51 bits per heavy atom. The highest BCUT2D eigenvalue weighted by Crippen LogP contribution is 2.16. The second-order valence-corrected chi connectivity index (χ2v) is 13.3. The van der Waals surface area contributed by atoms with Crippen LogP contribution >= 0.6 is 0 Å². The van der Waals surface area contributed by atoms with Crippen molar-refractivity contribution < 1.29 is 29.0 Å². The third kappa shape index (κ3) is 11.0. The molecule has 262 valence electrons. The Morgan fingerprint density at radius 1 is 0.837 bits per heavy atom. The first-order valence-corrected chi connectivity index (χ1v) is 16.4. The number of nitrogens with one attached hydrogen (secondary N) is 5. The summed E-state index contributed by atoms with van der Waals surface area (Å²) in [6, 6.07) is 21.1. The molecule has 1 unspecified atom stereocenters. The summed E-state index contributed by atoms with van der Waals surface area (Å²) < 4.78 is 10.8. The number of aliphatic hydroxyl groups is 1. The third-order valence-corrected chi connectivity index (χ3v) is 7.84. The summed E-state index contributed by atoms with van der Waals surface area (Å²) in [6.45, 7) is 9.21. The molecule has 4 aromatic rings. The number of hydrogen-bond donors (Lipinski definition) is 6. The van der Waals surface area contributed by atoms with Crippen LogP contribution in [0.5, 0.6) is 5.75 Å². The van der Waals surface area contributed by atoms with Crippen molar-refractivity contribution in [2.45, 2.75) is 84.0 Å². The maximum absolute atomic E-state index is 14.1. The van der Waals surface area contributed by atoms with Gasteiger partial charge in [-0.2, -0.15) is 0 Å². The van der Waals surface area contributed by atoms with Gasteiger partial charge in [0.1, 0.15) is 29.3 Å². The van der Waals surface area contributed by atoms with Gasteiger partial charge < -0.3 is 35.5 Å². The first kappa shape index (κ1) is 36.9. The second kappa shape index (κ2) is 16.9. The number of rotatable bonds is 15. The fourth-order valence-corrected chi connectivity index (χ4v) is 5.30. The average molecular weight is 673 g/mol. The molecule has 0 fully saturated rings. The van der Waals surface area contributed by atoms with Gasteiger partial charge in [0.25, 0.3) is 0 Å². The maximum atomic E-state index is 14.1. The first-order chi connectivity index (χ1) is 23.3. The molecule has 0 bridgehead atoms. The number of methoxy groups -OCH3 is 1. The van der Waals surface area contributed by atoms with Gasteiger partial charge in [-0.15, -0.1) is 0 Å². The molecule has 12 heteroatoms. The number of imidazole rings is 1. The van der Waals surface area contributed by atoms with Crippen molar-refractivity contribution >= 4 is 28.9 Å². The number of carbonyl (C=O) groups excluding carboxylic acids is 3. The molecule has 4 atom stereocenters. The van der Waals surface area contributed by atoms with Crippen LogP contribution in [-0.4, -0.2) is 69.9 Å². The predicted octanol–water partition coefficient (Wildman–Crippen LogP) is 3.98. The number of alkyl carbamates (subject to hydrolysis) is 1. The van der Waals surface area contributed by atoms with Crippen LogP contribution in [0.4, 0.5) is 4.79 Å². The van der Waals surface area contributed by atoms with Crippen molar-refractivity contribution in [3.63, 3.8) is 0 Å². The van der Waals surface area contributed by atoms with Crippen LogP contribution in [0.25, 0.3) is 11.0 Å². The summed E-state index contributed by atoms with van der Waals surface area (Å²) in [5.74, 6) is -0.0487. The minimum Gasteiger partial charge on any atom is -0.497 e. The van der Waals surface area contributed by atoms with Crippen LogP contribution in [0.15, 0.2) is 78.9 Å². The quantitative estimate of drug-likeness (QED) is 0.110. The summed E-state index contributed by atoms with van der Waals surface area (Å²) in [5.41, 5.74) is 2.52. The van der Waals surface area contributed by atoms with Crippen LogP contribution in [0.3, 0.4) is 0 Å². The van der Waals surface area contributed by atoms with Crippen molar-refractivity contribution in [3.8, 4) is 5.75 Å². The number of amides is 3. The van der Waals surface area contributed by atoms with Crippen molar-refractivity contribution in [1.29, 1.82) is 0 Å². The number of aliphatic hydroxyl groups excluding tert-OH is 1. The number of aromatic nitrogens is 2. The van der Waals surface area contributed by atoms with Crippen molar-refractivity contribution in [2.75, 3.05) is 7.11 Å². The van der Waals surface area contributed by atoms with E-state index in [4.69, 9.17) is 9.47 Å². The number of H-pyrrole nitrogens is 1. The molecule has 0 aliphatic heterocycles. The van der Waals surface area contributed by atoms with Gasteiger partial charge in [-0.3, -0.25) is 14.9 Å². The van der Waals surface area contributed by atoms with Crippen molar-refractivity contribution in [3.05, 3.63) is 95.8 Å². The van der Waals surface area contributed by atoms with E-state index in [1.807, 2.05) is 80.6 Å². The fourth-order valence-electron chi connectivity index (χ4n) is 5.30. The molecular weight excluding hydrogens is 624 g/mol. The molecule has 0 saturated carbocycles. The number of para-hydroxylation sites is 2. The smallest absolute Gasteiger partial charge is 0.407 e. The Balaban J connectivity index is 1.56. The van der Waals surface area contributed by atoms with E-state index in [0.29, 0.717) is 11.6 Å². The highest BCUT2D eigenvalue weighted by atomic mass is 16.6. The standard InChI is InChI=1S/C37H48N6O6/c1-23(2)31(34(45)39-22-30-40-27-14-10-11-15-28(27)41-30)43-35(46)32(38-21-25-16-18-26(48-6)19-17-25)33(44)29(20-24-12-8-7-9-13-24)42-36(47)49-37(3,4)5/h7-19,23,29,31-33,38,44H,20-22H2,1-6H3,(H,39,45)(H,40,41)(H,42,47)(H,43,46)/t29-,31?,32+,33+/m0/s1. The molecule has 0 aliphatic carbocycles. The van der Waals surface area contributed by atoms with E-state index in [2.05, 4.69) is 31.2 Å². The van der Waals surface area contributed by atoms with Crippen LogP contribution in [0, 0.1) is 5.92 Å². The van der Waals surface area contributed by atoms with Gasteiger partial charge in [0.15, 0.2) is 0 Å². The van der Waals surface area contributed by atoms with Gasteiger partial charge in [0.2, 0.25) is 11.8 Å². The third-order valence-electron chi connectivity index (χ3n) is 7.84. The van der Waals surface area contributed by atoms with Crippen molar-refractivity contribution in [2.24, 2.45) is 5.92 Å². The number of hydrogen-bond acceptors (Lipinski definition) is 8. The molecule has 0 saturated heterocycles. The highest BCUT2D eigenvalue weighted by molar-refractivity contribution is 5.90. The van der Waals surface area contributed by atoms with Gasteiger partial charge in [-0.1, -0.05) is 68.4 Å². The van der Waals surface area contributed by atoms with E-state index >= 15 is 0 Å². The largest absolute Gasteiger partial charge is 0.497 e. The number of nitrogens with zero attached hydrogens (tertiary/aromatic N) is 1. The van der Waals surface area contributed by atoms with Gasteiger partial charge in [-0.25, -0.2) is 9.78 Å². The Morgan fingerprint density at radius 3 is 2.14 bits per heavy atom. The van der Waals surface area contributed by atoms with E-state index in [-0.39, 0.29) is 25.4 Å². The van der Waals surface area contributed by atoms with E-state index in [9.17, 15) is 19.5 Å². The normalized spacial score (nSPS) is 14.0. The number of carbonyl (C=O) groups is 3. The molecule has 49 heavy (non-hydrogen) atoms. The Kier molecular flexibility index (Phi) is 12.8. The Labute approximate surface area is 287 Å². The molecule has 1 heterocycles. The topological polar surface area (TPSA) is 167 Å². The summed E-state index contributed by atoms with van der Waals surface area (Å²) in [7, 11) is 1.58. The molecule has 12 nitrogen and oxygen atoms in total. The van der Waals surface area contributed by atoms with Crippen LogP contribution < -0.4 is 26.0 Å². The number of benzene rings is 3. The second-order valence-electron chi connectivity index (χ2n) is 13.3. The molecule has 0 spiro atoms. The molecule has 1 aromatic heterocycles. The SMILES string of the molecule is COc1ccc(CN[C@@H](C(=O)NC(C(=O)NCc2nc3ccccc3[nH]2)C(C)C)[C@H](O)[C@H](Cc2ccccc2)NC(=O)OC(C)(C)C)cc1. The lowest BCUT2D eigenvalue weighted by Gasteiger charge is -2.33. The van der Waals surface area contributed by atoms with E-state index in [1.54, 1.807) is 40.0 Å². The fraction of sp³-hybridized carbons (Fsp3) is 0.405. The van der Waals surface area contributed by atoms with Gasteiger partial charge >= 0.3 is 6.09 Å². The lowest BCUT2D eigenvalue weighted by atomic mass is 9.94. The van der Waals surface area contributed by atoms with Crippen LogP contribution in [-0.2, 0) is 33.8 Å². The summed E-state index contributed by atoms with van der Waals surface area (Å²) >= 11 is 0. The summed E-state index contributed by atoms with van der Waals surface area (Å²) in [6.07, 6.45) is -1.95. The monoisotopic (exact) mass is 672 g/mol. The number of ether oxygens (including phenoxy) is 2. The molecule has 3 aromatic carbocycles. The zero-order valence-corrected chi connectivity index (χ0v) is 28.9. The minimum absolute atomic E-state index is 0.132. The minimum atomic E-state index is -1.43. The van der Waals surface area contributed by atoms with Gasteiger partial charge in [-0.05, 0) is 68.5 Å². The number of aromatic amines is 1. The zero-order chi connectivity index (χ0) is 35.6. The predicted molar refractivity (Wildman–Crippen MR) is 188 cm³/mol. The summed E-state index contributed by atoms with van der Waals surface area (Å²) in [4.78, 5) is 48.2. The van der Waals surface area contributed by atoms with Gasteiger partial charge in [0.05, 0.1) is 36.8 Å². The number of fused-ring (bicyclic) bond motifs is 1.